The van der Waals surface area contributed by atoms with E-state index in [0.29, 0.717) is 6.42 Å². The van der Waals surface area contributed by atoms with Gasteiger partial charge in [0.15, 0.2) is 0 Å². The second-order valence-electron chi connectivity index (χ2n) is 6.14. The van der Waals surface area contributed by atoms with Gasteiger partial charge in [0.1, 0.15) is 12.1 Å². The average Bonchev–Trinajstić information content (AvgIpc) is 2.61. The van der Waals surface area contributed by atoms with Crippen LogP contribution in [0.4, 0.5) is 5.82 Å². The molecule has 3 aromatic rings. The standard InChI is InChI=1S/C20H23N3O/c1-15-7-6-10-18-19(15)21-14-22-20(18)23(16(2)11-12-24)13-17-8-4-3-5-9-17/h3-10,14,16,24H,11-13H2,1-2H3. The Labute approximate surface area is 142 Å². The van der Waals surface area contributed by atoms with Crippen LogP contribution in [-0.2, 0) is 6.54 Å². The number of benzene rings is 2. The molecule has 0 fully saturated rings. The highest BCUT2D eigenvalue weighted by Crippen LogP contribution is 2.28. The minimum atomic E-state index is 0.161. The summed E-state index contributed by atoms with van der Waals surface area (Å²) in [6.45, 7) is 5.11. The van der Waals surface area contributed by atoms with Crippen molar-refractivity contribution in [2.75, 3.05) is 11.5 Å². The van der Waals surface area contributed by atoms with Crippen molar-refractivity contribution in [1.29, 1.82) is 0 Å². The molecule has 4 nitrogen and oxygen atoms in total. The van der Waals surface area contributed by atoms with E-state index in [-0.39, 0.29) is 12.6 Å². The Morgan fingerprint density at radius 3 is 2.58 bits per heavy atom. The second kappa shape index (κ2) is 7.41. The zero-order valence-electron chi connectivity index (χ0n) is 14.2. The van der Waals surface area contributed by atoms with Gasteiger partial charge in [0.05, 0.1) is 5.52 Å². The molecule has 1 atom stereocenters. The maximum Gasteiger partial charge on any atom is 0.140 e. The van der Waals surface area contributed by atoms with Gasteiger partial charge in [-0.1, -0.05) is 42.5 Å². The van der Waals surface area contributed by atoms with Crippen molar-refractivity contribution in [3.63, 3.8) is 0 Å². The molecule has 0 bridgehead atoms. The molecule has 0 spiro atoms. The molecule has 24 heavy (non-hydrogen) atoms. The molecule has 4 heteroatoms. The number of fused-ring (bicyclic) bond motifs is 1. The first-order chi connectivity index (χ1) is 11.7. The van der Waals surface area contributed by atoms with Gasteiger partial charge in [-0.25, -0.2) is 9.97 Å². The normalized spacial score (nSPS) is 12.3. The Morgan fingerprint density at radius 2 is 1.83 bits per heavy atom. The van der Waals surface area contributed by atoms with E-state index in [0.717, 1.165) is 28.8 Å². The quantitative estimate of drug-likeness (QED) is 0.752. The first-order valence-corrected chi connectivity index (χ1v) is 8.32. The summed E-state index contributed by atoms with van der Waals surface area (Å²) in [6, 6.07) is 16.7. The highest BCUT2D eigenvalue weighted by atomic mass is 16.3. The summed E-state index contributed by atoms with van der Waals surface area (Å²) in [5, 5.41) is 10.5. The maximum absolute atomic E-state index is 9.40. The Kier molecular flexibility index (Phi) is 5.06. The van der Waals surface area contributed by atoms with E-state index in [2.05, 4.69) is 53.0 Å². The van der Waals surface area contributed by atoms with Crippen LogP contribution in [0.3, 0.4) is 0 Å². The van der Waals surface area contributed by atoms with E-state index in [1.54, 1.807) is 6.33 Å². The number of hydrogen-bond donors (Lipinski definition) is 1. The van der Waals surface area contributed by atoms with E-state index in [1.165, 1.54) is 5.56 Å². The fraction of sp³-hybridized carbons (Fsp3) is 0.300. The van der Waals surface area contributed by atoms with Gasteiger partial charge in [-0.3, -0.25) is 0 Å². The van der Waals surface area contributed by atoms with Crippen LogP contribution < -0.4 is 4.90 Å². The van der Waals surface area contributed by atoms with Crippen molar-refractivity contribution in [2.45, 2.75) is 32.9 Å². The molecule has 124 valence electrons. The molecule has 0 aliphatic heterocycles. The SMILES string of the molecule is Cc1cccc2c(N(Cc3ccccc3)C(C)CCO)ncnc12. The highest BCUT2D eigenvalue weighted by molar-refractivity contribution is 5.91. The minimum Gasteiger partial charge on any atom is -0.396 e. The summed E-state index contributed by atoms with van der Waals surface area (Å²) in [6.07, 6.45) is 2.33. The summed E-state index contributed by atoms with van der Waals surface area (Å²) < 4.78 is 0. The molecule has 1 unspecified atom stereocenters. The summed E-state index contributed by atoms with van der Waals surface area (Å²) in [7, 11) is 0. The van der Waals surface area contributed by atoms with Gasteiger partial charge in [0.25, 0.3) is 0 Å². The smallest absolute Gasteiger partial charge is 0.140 e. The van der Waals surface area contributed by atoms with Gasteiger partial charge >= 0.3 is 0 Å². The van der Waals surface area contributed by atoms with Crippen LogP contribution in [0, 0.1) is 6.92 Å². The molecule has 0 saturated carbocycles. The largest absolute Gasteiger partial charge is 0.396 e. The topological polar surface area (TPSA) is 49.2 Å². The van der Waals surface area contributed by atoms with E-state index in [9.17, 15) is 5.11 Å². The molecule has 0 aliphatic rings. The zero-order valence-corrected chi connectivity index (χ0v) is 14.2. The number of nitrogens with zero attached hydrogens (tertiary/aromatic N) is 3. The fourth-order valence-corrected chi connectivity index (χ4v) is 3.01. The van der Waals surface area contributed by atoms with Crippen molar-refractivity contribution in [3.8, 4) is 0 Å². The molecule has 0 aliphatic carbocycles. The van der Waals surface area contributed by atoms with Gasteiger partial charge in [-0.05, 0) is 37.5 Å². The molecule has 1 aromatic heterocycles. The Hall–Kier alpha value is -2.46. The molecule has 0 radical (unpaired) electrons. The molecule has 1 heterocycles. The molecular formula is C20H23N3O. The average molecular weight is 321 g/mol. The monoisotopic (exact) mass is 321 g/mol. The summed E-state index contributed by atoms with van der Waals surface area (Å²) in [5.41, 5.74) is 3.35. The van der Waals surface area contributed by atoms with Crippen molar-refractivity contribution in [1.82, 2.24) is 9.97 Å². The van der Waals surface area contributed by atoms with Crippen LogP contribution in [0.25, 0.3) is 10.9 Å². The number of hydrogen-bond acceptors (Lipinski definition) is 4. The molecule has 0 amide bonds. The lowest BCUT2D eigenvalue weighted by molar-refractivity contribution is 0.275. The number of aliphatic hydroxyl groups excluding tert-OH is 1. The first-order valence-electron chi connectivity index (χ1n) is 8.32. The van der Waals surface area contributed by atoms with Crippen molar-refractivity contribution in [2.24, 2.45) is 0 Å². The van der Waals surface area contributed by atoms with Gasteiger partial charge in [-0.2, -0.15) is 0 Å². The lowest BCUT2D eigenvalue weighted by Crippen LogP contribution is -2.34. The number of aliphatic hydroxyl groups is 1. The van der Waals surface area contributed by atoms with Crippen LogP contribution in [-0.4, -0.2) is 27.7 Å². The summed E-state index contributed by atoms with van der Waals surface area (Å²) in [4.78, 5) is 11.3. The third-order valence-corrected chi connectivity index (χ3v) is 4.39. The number of aryl methyl sites for hydroxylation is 1. The van der Waals surface area contributed by atoms with E-state index >= 15 is 0 Å². The zero-order chi connectivity index (χ0) is 16.9. The van der Waals surface area contributed by atoms with Crippen molar-refractivity contribution >= 4 is 16.7 Å². The Balaban J connectivity index is 2.07. The van der Waals surface area contributed by atoms with E-state index in [4.69, 9.17) is 0 Å². The third-order valence-electron chi connectivity index (χ3n) is 4.39. The van der Waals surface area contributed by atoms with Crippen molar-refractivity contribution < 1.29 is 5.11 Å². The number of anilines is 1. The lowest BCUT2D eigenvalue weighted by Gasteiger charge is -2.31. The van der Waals surface area contributed by atoms with Crippen molar-refractivity contribution in [3.05, 3.63) is 66.0 Å². The minimum absolute atomic E-state index is 0.161. The number of aromatic nitrogens is 2. The second-order valence-corrected chi connectivity index (χ2v) is 6.14. The molecule has 1 N–H and O–H groups in total. The molecule has 2 aromatic carbocycles. The molecular weight excluding hydrogens is 298 g/mol. The molecule has 3 rings (SSSR count). The highest BCUT2D eigenvalue weighted by Gasteiger charge is 2.19. The molecule has 0 saturated heterocycles. The van der Waals surface area contributed by atoms with Crippen LogP contribution in [0.15, 0.2) is 54.9 Å². The van der Waals surface area contributed by atoms with E-state index in [1.807, 2.05) is 24.3 Å². The first kappa shape index (κ1) is 16.4. The Bertz CT molecular complexity index is 804. The maximum atomic E-state index is 9.40. The van der Waals surface area contributed by atoms with Crippen LogP contribution >= 0.6 is 0 Å². The van der Waals surface area contributed by atoms with E-state index < -0.39 is 0 Å². The Morgan fingerprint density at radius 1 is 1.04 bits per heavy atom. The van der Waals surface area contributed by atoms with Gasteiger partial charge < -0.3 is 10.0 Å². The predicted octanol–water partition coefficient (Wildman–Crippen LogP) is 3.72. The van der Waals surface area contributed by atoms with Crippen LogP contribution in [0.1, 0.15) is 24.5 Å². The fourth-order valence-electron chi connectivity index (χ4n) is 3.01. The lowest BCUT2D eigenvalue weighted by atomic mass is 10.1. The van der Waals surface area contributed by atoms with Gasteiger partial charge in [0.2, 0.25) is 0 Å². The summed E-state index contributed by atoms with van der Waals surface area (Å²) >= 11 is 0. The number of rotatable bonds is 6. The third kappa shape index (κ3) is 3.39. The van der Waals surface area contributed by atoms with Crippen LogP contribution in [0.5, 0.6) is 0 Å². The van der Waals surface area contributed by atoms with Crippen LogP contribution in [0.2, 0.25) is 0 Å². The number of para-hydroxylation sites is 1. The predicted molar refractivity (Wildman–Crippen MR) is 98.1 cm³/mol. The van der Waals surface area contributed by atoms with Gasteiger partial charge in [-0.15, -0.1) is 0 Å². The summed E-state index contributed by atoms with van der Waals surface area (Å²) in [5.74, 6) is 0.925. The van der Waals surface area contributed by atoms with Gasteiger partial charge in [0, 0.05) is 24.6 Å².